The number of aromatic hydroxyl groups is 1. The number of hydrogen-bond acceptors (Lipinski definition) is 5. The van der Waals surface area contributed by atoms with Crippen molar-refractivity contribution in [3.8, 4) is 11.5 Å². The number of phenolic OH excluding ortho intramolecular Hbond substituents is 1. The van der Waals surface area contributed by atoms with E-state index in [1.54, 1.807) is 36.2 Å². The number of nitrogens with one attached hydrogen (secondary N) is 1. The molecule has 10 heteroatoms. The lowest BCUT2D eigenvalue weighted by molar-refractivity contribution is -0.197. The van der Waals surface area contributed by atoms with Crippen LogP contribution in [0.1, 0.15) is 43.2 Å². The molecule has 1 saturated heterocycles. The number of halogens is 3. The molecule has 38 heavy (non-hydrogen) atoms. The first-order chi connectivity index (χ1) is 17.7. The number of piperidine rings is 1. The number of amides is 2. The highest BCUT2D eigenvalue weighted by Gasteiger charge is 2.73. The molecule has 3 fully saturated rings. The fourth-order valence-electron chi connectivity index (χ4n) is 7.79. The molecule has 2 aromatic carbocycles. The SMILES string of the molecule is CN(C(=O)Nc1ccc(Cl)c(Cl)c1)[C@H]1CC[C@@]2(O)[C@H]3Cc4ccc(O)c5c4[C@@]2(CCN3CC2CC2)[C@H]1O5.Cl. The molecule has 0 aromatic heterocycles. The Morgan fingerprint density at radius 2 is 1.97 bits per heavy atom. The maximum atomic E-state index is 13.4. The molecule has 2 saturated carbocycles. The minimum atomic E-state index is -0.978. The smallest absolute Gasteiger partial charge is 0.321 e. The molecule has 204 valence electrons. The van der Waals surface area contributed by atoms with Gasteiger partial charge in [-0.15, -0.1) is 12.4 Å². The van der Waals surface area contributed by atoms with E-state index >= 15 is 0 Å². The number of rotatable bonds is 4. The van der Waals surface area contributed by atoms with Crippen LogP contribution in [0, 0.1) is 5.92 Å². The van der Waals surface area contributed by atoms with Gasteiger partial charge in [-0.2, -0.15) is 0 Å². The van der Waals surface area contributed by atoms with Gasteiger partial charge in [-0.05, 0) is 80.8 Å². The van der Waals surface area contributed by atoms with Crippen LogP contribution >= 0.6 is 35.6 Å². The summed E-state index contributed by atoms with van der Waals surface area (Å²) in [7, 11) is 1.77. The van der Waals surface area contributed by atoms with Crippen LogP contribution in [0.4, 0.5) is 10.5 Å². The molecule has 2 aliphatic heterocycles. The summed E-state index contributed by atoms with van der Waals surface area (Å²) in [6, 6.07) is 8.14. The summed E-state index contributed by atoms with van der Waals surface area (Å²) < 4.78 is 6.58. The van der Waals surface area contributed by atoms with Gasteiger partial charge in [0.15, 0.2) is 11.5 Å². The molecule has 3 aliphatic carbocycles. The largest absolute Gasteiger partial charge is 0.504 e. The lowest BCUT2D eigenvalue weighted by Gasteiger charge is -2.64. The molecule has 2 amide bonds. The molecule has 0 radical (unpaired) electrons. The third kappa shape index (κ3) is 3.58. The second-order valence-corrected chi connectivity index (χ2v) is 12.4. The standard InChI is InChI=1S/C28H31Cl2N3O4.ClH/c1-32(26(35)31-17-5-6-18(29)19(30)13-17)20-8-9-28(36)22-12-16-4-7-21(34)24-23(16)27(28,25(20)37-24)10-11-33(22)14-15-2-3-15;/h4-7,13,15,20,22,25,34,36H,2-3,8-12,14H2,1H3,(H,31,35);1H/t20-,22+,25-,27-,28+;/m0./s1. The Labute approximate surface area is 238 Å². The van der Waals surface area contributed by atoms with E-state index in [-0.39, 0.29) is 36.3 Å². The van der Waals surface area contributed by atoms with Crippen molar-refractivity contribution >= 4 is 47.3 Å². The van der Waals surface area contributed by atoms with E-state index in [0.29, 0.717) is 34.3 Å². The molecular weight excluding hydrogens is 549 g/mol. The first kappa shape index (κ1) is 26.3. The highest BCUT2D eigenvalue weighted by Crippen LogP contribution is 2.66. The van der Waals surface area contributed by atoms with Crippen molar-refractivity contribution in [3.63, 3.8) is 0 Å². The zero-order chi connectivity index (χ0) is 25.7. The number of ether oxygens (including phenoxy) is 1. The molecule has 7 nitrogen and oxygen atoms in total. The molecule has 1 spiro atoms. The average Bonchev–Trinajstić information content (AvgIpc) is 3.61. The van der Waals surface area contributed by atoms with Crippen molar-refractivity contribution in [1.29, 1.82) is 0 Å². The monoisotopic (exact) mass is 579 g/mol. The molecule has 2 heterocycles. The van der Waals surface area contributed by atoms with Crippen molar-refractivity contribution in [2.24, 2.45) is 5.92 Å². The first-order valence-electron chi connectivity index (χ1n) is 13.2. The zero-order valence-electron chi connectivity index (χ0n) is 21.1. The topological polar surface area (TPSA) is 85.3 Å². The maximum absolute atomic E-state index is 13.4. The van der Waals surface area contributed by atoms with E-state index in [9.17, 15) is 15.0 Å². The molecule has 5 aliphatic rings. The molecule has 7 rings (SSSR count). The number of carbonyl (C=O) groups is 1. The molecule has 2 aromatic rings. The number of urea groups is 1. The van der Waals surface area contributed by atoms with Crippen LogP contribution in [-0.2, 0) is 11.8 Å². The lowest BCUT2D eigenvalue weighted by Crippen LogP contribution is -2.78. The Hall–Kier alpha value is -1.90. The molecule has 2 bridgehead atoms. The van der Waals surface area contributed by atoms with E-state index in [1.165, 1.54) is 12.8 Å². The third-order valence-electron chi connectivity index (χ3n) is 9.72. The van der Waals surface area contributed by atoms with Gasteiger partial charge in [0.25, 0.3) is 0 Å². The fourth-order valence-corrected chi connectivity index (χ4v) is 8.09. The van der Waals surface area contributed by atoms with Crippen LogP contribution in [0.25, 0.3) is 0 Å². The highest BCUT2D eigenvalue weighted by molar-refractivity contribution is 6.42. The van der Waals surface area contributed by atoms with E-state index in [2.05, 4.69) is 10.2 Å². The number of likely N-dealkylation sites (N-methyl/N-ethyl adjacent to an activating group) is 1. The quantitative estimate of drug-likeness (QED) is 0.462. The second-order valence-electron chi connectivity index (χ2n) is 11.6. The van der Waals surface area contributed by atoms with Gasteiger partial charge in [-0.25, -0.2) is 4.79 Å². The first-order valence-corrected chi connectivity index (χ1v) is 14.0. The zero-order valence-corrected chi connectivity index (χ0v) is 23.5. The maximum Gasteiger partial charge on any atom is 0.321 e. The van der Waals surface area contributed by atoms with Crippen molar-refractivity contribution in [2.75, 3.05) is 25.5 Å². The number of aliphatic hydroxyl groups is 1. The predicted octanol–water partition coefficient (Wildman–Crippen LogP) is 5.22. The molecule has 0 unspecified atom stereocenters. The summed E-state index contributed by atoms with van der Waals surface area (Å²) >= 11 is 12.2. The second kappa shape index (κ2) is 9.07. The summed E-state index contributed by atoms with van der Waals surface area (Å²) in [4.78, 5) is 17.6. The Kier molecular flexibility index (Phi) is 6.28. The van der Waals surface area contributed by atoms with Gasteiger partial charge in [0.05, 0.1) is 27.1 Å². The molecule has 5 atom stereocenters. The van der Waals surface area contributed by atoms with Crippen molar-refractivity contribution < 1.29 is 19.7 Å². The van der Waals surface area contributed by atoms with Crippen LogP contribution in [0.15, 0.2) is 30.3 Å². The highest BCUT2D eigenvalue weighted by atomic mass is 35.5. The number of anilines is 1. The number of hydrogen-bond donors (Lipinski definition) is 3. The number of benzene rings is 2. The van der Waals surface area contributed by atoms with Crippen molar-refractivity contribution in [2.45, 2.75) is 67.7 Å². The third-order valence-corrected chi connectivity index (χ3v) is 10.5. The van der Waals surface area contributed by atoms with E-state index < -0.39 is 17.1 Å². The van der Waals surface area contributed by atoms with Crippen LogP contribution in [0.2, 0.25) is 10.0 Å². The Bertz CT molecular complexity index is 1310. The summed E-state index contributed by atoms with van der Waals surface area (Å²) in [5.41, 5.74) is 1.02. The summed E-state index contributed by atoms with van der Waals surface area (Å²) in [5.74, 6) is 1.32. The van der Waals surface area contributed by atoms with Gasteiger partial charge >= 0.3 is 6.03 Å². The summed E-state index contributed by atoms with van der Waals surface area (Å²) in [6.07, 6.45) is 4.75. The molecule has 3 N–H and O–H groups in total. The van der Waals surface area contributed by atoms with Gasteiger partial charge in [-0.3, -0.25) is 4.90 Å². The lowest BCUT2D eigenvalue weighted by atomic mass is 9.48. The Morgan fingerprint density at radius 3 is 2.71 bits per heavy atom. The number of likely N-dealkylation sites (tertiary alicyclic amines) is 1. The summed E-state index contributed by atoms with van der Waals surface area (Å²) in [5, 5.41) is 27.1. The van der Waals surface area contributed by atoms with E-state index in [4.69, 9.17) is 27.9 Å². The number of carbonyl (C=O) groups excluding carboxylic acids is 1. The van der Waals surface area contributed by atoms with Crippen LogP contribution in [-0.4, -0.2) is 70.0 Å². The van der Waals surface area contributed by atoms with E-state index in [0.717, 1.165) is 43.0 Å². The van der Waals surface area contributed by atoms with Gasteiger partial charge in [-0.1, -0.05) is 29.3 Å². The average molecular weight is 581 g/mol. The number of nitrogens with zero attached hydrogens (tertiary/aromatic N) is 2. The van der Waals surface area contributed by atoms with E-state index in [1.807, 2.05) is 6.07 Å². The Morgan fingerprint density at radius 1 is 1.18 bits per heavy atom. The fraction of sp³-hybridized carbons (Fsp3) is 0.536. The predicted molar refractivity (Wildman–Crippen MR) is 149 cm³/mol. The van der Waals surface area contributed by atoms with Crippen LogP contribution in [0.5, 0.6) is 11.5 Å². The van der Waals surface area contributed by atoms with Gasteiger partial charge < -0.3 is 25.2 Å². The van der Waals surface area contributed by atoms with Crippen molar-refractivity contribution in [1.82, 2.24) is 9.80 Å². The minimum Gasteiger partial charge on any atom is -0.504 e. The Balaban J connectivity index is 0.00000264. The van der Waals surface area contributed by atoms with Gasteiger partial charge in [0.2, 0.25) is 0 Å². The minimum absolute atomic E-state index is 0. The van der Waals surface area contributed by atoms with Crippen LogP contribution < -0.4 is 10.1 Å². The van der Waals surface area contributed by atoms with Gasteiger partial charge in [0, 0.05) is 30.9 Å². The molecular formula is C28H32Cl3N3O4. The number of phenols is 1. The van der Waals surface area contributed by atoms with Crippen LogP contribution in [0.3, 0.4) is 0 Å². The summed E-state index contributed by atoms with van der Waals surface area (Å²) in [6.45, 7) is 1.91. The van der Waals surface area contributed by atoms with Gasteiger partial charge in [0.1, 0.15) is 6.10 Å². The normalized spacial score (nSPS) is 32.6. The van der Waals surface area contributed by atoms with Crippen molar-refractivity contribution in [3.05, 3.63) is 51.5 Å².